The maximum absolute atomic E-state index is 9.34. The molecule has 0 spiro atoms. The molecule has 0 aliphatic rings. The van der Waals surface area contributed by atoms with Gasteiger partial charge in [0.15, 0.2) is 0 Å². The summed E-state index contributed by atoms with van der Waals surface area (Å²) in [5, 5.41) is 20.9. The van der Waals surface area contributed by atoms with Gasteiger partial charge in [0, 0.05) is 45.7 Å². The van der Waals surface area contributed by atoms with Crippen molar-refractivity contribution in [2.75, 3.05) is 13.2 Å². The minimum Gasteiger partial charge on any atom is -0.396 e. The Kier molecular flexibility index (Phi) is 7.81. The normalized spacial score (nSPS) is 13.2. The Morgan fingerprint density at radius 2 is 1.28 bits per heavy atom. The van der Waals surface area contributed by atoms with E-state index in [1.807, 2.05) is 12.1 Å². The van der Waals surface area contributed by atoms with Crippen LogP contribution in [0.15, 0.2) is 36.4 Å². The highest BCUT2D eigenvalue weighted by Crippen LogP contribution is 2.28. The molecule has 2 unspecified atom stereocenters. The minimum atomic E-state index is 0.0269. The third-order valence-electron chi connectivity index (χ3n) is 7.02. The monoisotopic (exact) mass is 434 g/mol. The molecule has 2 heterocycles. The lowest BCUT2D eigenvalue weighted by Gasteiger charge is -2.13. The maximum Gasteiger partial charge on any atom is 0.0500 e. The standard InChI is InChI=1S/C14H19NO2.C14H19N/c1-9-10(2)15-14-4-3-11(7-13(9)14)12(8-17)5-6-16;1-5-9(2)12-6-7-14-13(8-12)10(3)11(4)15-14/h3-4,7,12,15-17H,5-6,8H2,1-2H3;6-9,15H,5H2,1-4H3. The first kappa shape index (κ1) is 24.1. The summed E-state index contributed by atoms with van der Waals surface area (Å²) in [5.41, 5.74) is 10.0. The average Bonchev–Trinajstić information content (AvgIpc) is 3.25. The minimum absolute atomic E-state index is 0.0269. The first-order valence-electron chi connectivity index (χ1n) is 11.7. The van der Waals surface area contributed by atoms with Gasteiger partial charge in [0.2, 0.25) is 0 Å². The van der Waals surface area contributed by atoms with Crippen LogP contribution in [-0.2, 0) is 0 Å². The van der Waals surface area contributed by atoms with Crippen molar-refractivity contribution >= 4 is 21.8 Å². The van der Waals surface area contributed by atoms with E-state index in [0.717, 1.165) is 11.1 Å². The summed E-state index contributed by atoms with van der Waals surface area (Å²) in [6.07, 6.45) is 1.80. The fraction of sp³-hybridized carbons (Fsp3) is 0.429. The number of aromatic amines is 2. The van der Waals surface area contributed by atoms with E-state index in [4.69, 9.17) is 5.11 Å². The van der Waals surface area contributed by atoms with Gasteiger partial charge in [-0.1, -0.05) is 26.0 Å². The van der Waals surface area contributed by atoms with Gasteiger partial charge in [-0.3, -0.25) is 0 Å². The van der Waals surface area contributed by atoms with E-state index in [2.05, 4.69) is 75.8 Å². The number of rotatable bonds is 6. The Bertz CT molecular complexity index is 1190. The molecule has 0 saturated carbocycles. The highest BCUT2D eigenvalue weighted by atomic mass is 16.3. The highest BCUT2D eigenvalue weighted by molar-refractivity contribution is 5.85. The van der Waals surface area contributed by atoms with Crippen LogP contribution < -0.4 is 0 Å². The lowest BCUT2D eigenvalue weighted by molar-refractivity contribution is 0.220. The molecule has 0 saturated heterocycles. The maximum atomic E-state index is 9.34. The molecule has 0 radical (unpaired) electrons. The molecule has 2 aromatic heterocycles. The van der Waals surface area contributed by atoms with Crippen LogP contribution in [0.4, 0.5) is 0 Å². The highest BCUT2D eigenvalue weighted by Gasteiger charge is 2.12. The summed E-state index contributed by atoms with van der Waals surface area (Å²) in [6, 6.07) is 13.0. The quantitative estimate of drug-likeness (QED) is 0.278. The van der Waals surface area contributed by atoms with Gasteiger partial charge < -0.3 is 20.2 Å². The molecule has 4 N–H and O–H groups in total. The molecule has 4 nitrogen and oxygen atoms in total. The molecule has 172 valence electrons. The van der Waals surface area contributed by atoms with E-state index in [-0.39, 0.29) is 19.1 Å². The molecule has 2 atom stereocenters. The third kappa shape index (κ3) is 4.92. The molecule has 0 fully saturated rings. The number of H-pyrrole nitrogens is 2. The number of aliphatic hydroxyl groups excluding tert-OH is 2. The van der Waals surface area contributed by atoms with Crippen molar-refractivity contribution in [1.29, 1.82) is 0 Å². The van der Waals surface area contributed by atoms with E-state index in [9.17, 15) is 5.11 Å². The fourth-order valence-corrected chi connectivity index (χ4v) is 4.27. The second kappa shape index (κ2) is 10.4. The zero-order chi connectivity index (χ0) is 23.4. The molecule has 4 rings (SSSR count). The van der Waals surface area contributed by atoms with E-state index >= 15 is 0 Å². The summed E-state index contributed by atoms with van der Waals surface area (Å²) in [6.45, 7) is 13.2. The van der Waals surface area contributed by atoms with Crippen molar-refractivity contribution in [3.63, 3.8) is 0 Å². The molecule has 0 aliphatic heterocycles. The molecule has 0 aliphatic carbocycles. The van der Waals surface area contributed by atoms with Crippen LogP contribution in [0.25, 0.3) is 21.8 Å². The molecule has 4 aromatic rings. The van der Waals surface area contributed by atoms with Crippen molar-refractivity contribution in [2.45, 2.75) is 66.2 Å². The van der Waals surface area contributed by atoms with Crippen LogP contribution in [0.3, 0.4) is 0 Å². The van der Waals surface area contributed by atoms with Crippen LogP contribution in [0.5, 0.6) is 0 Å². The van der Waals surface area contributed by atoms with Gasteiger partial charge in [-0.05, 0) is 93.0 Å². The van der Waals surface area contributed by atoms with Gasteiger partial charge >= 0.3 is 0 Å². The molecular weight excluding hydrogens is 396 g/mol. The molecule has 0 amide bonds. The topological polar surface area (TPSA) is 72.0 Å². The first-order chi connectivity index (χ1) is 15.3. The Hall–Kier alpha value is -2.56. The summed E-state index contributed by atoms with van der Waals surface area (Å²) >= 11 is 0. The number of fused-ring (bicyclic) bond motifs is 2. The first-order valence-corrected chi connectivity index (χ1v) is 11.7. The lowest BCUT2D eigenvalue weighted by atomic mass is 9.95. The fourth-order valence-electron chi connectivity index (χ4n) is 4.27. The van der Waals surface area contributed by atoms with Crippen molar-refractivity contribution in [3.05, 3.63) is 70.0 Å². The van der Waals surface area contributed by atoms with Crippen molar-refractivity contribution < 1.29 is 10.2 Å². The van der Waals surface area contributed by atoms with Gasteiger partial charge in [0.05, 0.1) is 6.61 Å². The zero-order valence-electron chi connectivity index (χ0n) is 20.3. The second-order valence-electron chi connectivity index (χ2n) is 9.06. The third-order valence-corrected chi connectivity index (χ3v) is 7.02. The number of aliphatic hydroxyl groups is 2. The molecule has 32 heavy (non-hydrogen) atoms. The van der Waals surface area contributed by atoms with Gasteiger partial charge in [-0.25, -0.2) is 0 Å². The smallest absolute Gasteiger partial charge is 0.0500 e. The van der Waals surface area contributed by atoms with Gasteiger partial charge in [-0.2, -0.15) is 0 Å². The Labute approximate surface area is 191 Å². The SMILES string of the molecule is CCC(C)c1ccc2[nH]c(C)c(C)c2c1.Cc1[nH]c2ccc(C(CO)CCO)cc2c1C. The number of aryl methyl sites for hydroxylation is 4. The van der Waals surface area contributed by atoms with Gasteiger partial charge in [0.1, 0.15) is 0 Å². The van der Waals surface area contributed by atoms with E-state index < -0.39 is 0 Å². The number of hydrogen-bond donors (Lipinski definition) is 4. The predicted octanol–water partition coefficient (Wildman–Crippen LogP) is 6.54. The predicted molar refractivity (Wildman–Crippen MR) is 136 cm³/mol. The van der Waals surface area contributed by atoms with E-state index in [0.29, 0.717) is 12.3 Å². The summed E-state index contributed by atoms with van der Waals surface area (Å²) in [5.74, 6) is 0.683. The van der Waals surface area contributed by atoms with Crippen LogP contribution in [0.1, 0.15) is 72.2 Å². The second-order valence-corrected chi connectivity index (χ2v) is 9.06. The van der Waals surface area contributed by atoms with Crippen molar-refractivity contribution in [2.24, 2.45) is 0 Å². The number of aromatic nitrogens is 2. The largest absolute Gasteiger partial charge is 0.396 e. The van der Waals surface area contributed by atoms with Crippen LogP contribution in [0.2, 0.25) is 0 Å². The van der Waals surface area contributed by atoms with Crippen molar-refractivity contribution in [3.8, 4) is 0 Å². The Morgan fingerprint density at radius 3 is 1.75 bits per heavy atom. The summed E-state index contributed by atoms with van der Waals surface area (Å²) in [7, 11) is 0. The molecule has 2 aromatic carbocycles. The van der Waals surface area contributed by atoms with E-state index in [1.54, 1.807) is 0 Å². The number of nitrogens with one attached hydrogen (secondary N) is 2. The Morgan fingerprint density at radius 1 is 0.781 bits per heavy atom. The summed E-state index contributed by atoms with van der Waals surface area (Å²) < 4.78 is 0. The Balaban J connectivity index is 0.000000182. The average molecular weight is 435 g/mol. The van der Waals surface area contributed by atoms with E-state index in [1.165, 1.54) is 50.8 Å². The molecule has 4 heteroatoms. The van der Waals surface area contributed by atoms with Gasteiger partial charge in [0.25, 0.3) is 0 Å². The van der Waals surface area contributed by atoms with Crippen LogP contribution >= 0.6 is 0 Å². The number of benzene rings is 2. The molecule has 0 bridgehead atoms. The lowest BCUT2D eigenvalue weighted by Crippen LogP contribution is -2.06. The van der Waals surface area contributed by atoms with Gasteiger partial charge in [-0.15, -0.1) is 0 Å². The van der Waals surface area contributed by atoms with Crippen LogP contribution in [0, 0.1) is 27.7 Å². The zero-order valence-corrected chi connectivity index (χ0v) is 20.3. The van der Waals surface area contributed by atoms with Crippen LogP contribution in [-0.4, -0.2) is 33.4 Å². The molecular formula is C28H38N2O2. The number of hydrogen-bond acceptors (Lipinski definition) is 2. The summed E-state index contributed by atoms with van der Waals surface area (Å²) in [4.78, 5) is 6.74. The van der Waals surface area contributed by atoms with Crippen molar-refractivity contribution in [1.82, 2.24) is 9.97 Å².